The molecule has 4 nitrogen and oxygen atoms in total. The number of anilines is 2. The number of phenols is 1. The van der Waals surface area contributed by atoms with Crippen molar-refractivity contribution in [2.24, 2.45) is 0 Å². The maximum Gasteiger partial charge on any atom is 0.255 e. The van der Waals surface area contributed by atoms with E-state index in [1.807, 2.05) is 19.1 Å². The highest BCUT2D eigenvalue weighted by molar-refractivity contribution is 6.04. The summed E-state index contributed by atoms with van der Waals surface area (Å²) in [5.41, 5.74) is 9.40. The van der Waals surface area contributed by atoms with Crippen molar-refractivity contribution in [3.8, 4) is 5.75 Å². The van der Waals surface area contributed by atoms with Gasteiger partial charge in [0.1, 0.15) is 5.75 Å². The Morgan fingerprint density at radius 2 is 2.00 bits per heavy atom. The second kappa shape index (κ2) is 5.65. The average Bonchev–Trinajstić information content (AvgIpc) is 2.42. The van der Waals surface area contributed by atoms with Gasteiger partial charge < -0.3 is 16.2 Å². The Hall–Kier alpha value is -2.49. The zero-order chi connectivity index (χ0) is 14.7. The number of nitrogen functional groups attached to an aromatic ring is 1. The fourth-order valence-corrected chi connectivity index (χ4v) is 1.95. The van der Waals surface area contributed by atoms with E-state index >= 15 is 0 Å². The zero-order valence-electron chi connectivity index (χ0n) is 11.6. The molecule has 0 bridgehead atoms. The first-order valence-electron chi connectivity index (χ1n) is 6.50. The Morgan fingerprint density at radius 3 is 2.60 bits per heavy atom. The molecule has 2 aromatic rings. The molecule has 0 heterocycles. The number of hydrogen-bond donors (Lipinski definition) is 3. The number of phenolic OH excluding ortho intramolecular Hbond substituents is 1. The van der Waals surface area contributed by atoms with E-state index in [9.17, 15) is 9.90 Å². The van der Waals surface area contributed by atoms with E-state index in [0.29, 0.717) is 16.9 Å². The van der Waals surface area contributed by atoms with Gasteiger partial charge in [-0.15, -0.1) is 0 Å². The van der Waals surface area contributed by atoms with Crippen molar-refractivity contribution in [2.45, 2.75) is 20.3 Å². The molecule has 0 atom stereocenters. The molecule has 0 saturated carbocycles. The SMILES string of the molecule is CCc1ccc(NC(=O)c2ccc(C)c(O)c2)cc1N. The van der Waals surface area contributed by atoms with Gasteiger partial charge in [0.2, 0.25) is 0 Å². The van der Waals surface area contributed by atoms with E-state index in [0.717, 1.165) is 17.5 Å². The predicted molar refractivity (Wildman–Crippen MR) is 81.0 cm³/mol. The van der Waals surface area contributed by atoms with Crippen LogP contribution >= 0.6 is 0 Å². The van der Waals surface area contributed by atoms with Gasteiger partial charge in [-0.1, -0.05) is 19.1 Å². The van der Waals surface area contributed by atoms with Crippen molar-refractivity contribution in [1.29, 1.82) is 0 Å². The van der Waals surface area contributed by atoms with Crippen LogP contribution in [-0.2, 0) is 6.42 Å². The van der Waals surface area contributed by atoms with Crippen LogP contribution in [-0.4, -0.2) is 11.0 Å². The van der Waals surface area contributed by atoms with Gasteiger partial charge in [-0.2, -0.15) is 0 Å². The molecule has 2 rings (SSSR count). The Kier molecular flexibility index (Phi) is 3.94. The van der Waals surface area contributed by atoms with Crippen LogP contribution in [0.15, 0.2) is 36.4 Å². The topological polar surface area (TPSA) is 75.3 Å². The maximum atomic E-state index is 12.1. The van der Waals surface area contributed by atoms with Crippen LogP contribution in [0.4, 0.5) is 11.4 Å². The van der Waals surface area contributed by atoms with E-state index in [1.165, 1.54) is 6.07 Å². The number of carbonyl (C=O) groups is 1. The van der Waals surface area contributed by atoms with E-state index in [-0.39, 0.29) is 11.7 Å². The van der Waals surface area contributed by atoms with Crippen molar-refractivity contribution in [2.75, 3.05) is 11.1 Å². The summed E-state index contributed by atoms with van der Waals surface area (Å²) in [6.07, 6.45) is 0.853. The van der Waals surface area contributed by atoms with Crippen LogP contribution in [0.25, 0.3) is 0 Å². The molecule has 4 heteroatoms. The Morgan fingerprint density at radius 1 is 1.25 bits per heavy atom. The number of amides is 1. The summed E-state index contributed by atoms with van der Waals surface area (Å²) in [5, 5.41) is 12.4. The third-order valence-electron chi connectivity index (χ3n) is 3.26. The zero-order valence-corrected chi connectivity index (χ0v) is 11.6. The first-order valence-corrected chi connectivity index (χ1v) is 6.50. The number of nitrogens with one attached hydrogen (secondary N) is 1. The number of carbonyl (C=O) groups excluding carboxylic acids is 1. The fraction of sp³-hybridized carbons (Fsp3) is 0.188. The smallest absolute Gasteiger partial charge is 0.255 e. The van der Waals surface area contributed by atoms with Crippen LogP contribution in [0, 0.1) is 6.92 Å². The summed E-state index contributed by atoms with van der Waals surface area (Å²) in [7, 11) is 0. The first kappa shape index (κ1) is 13.9. The monoisotopic (exact) mass is 270 g/mol. The van der Waals surface area contributed by atoms with Gasteiger partial charge in [0.15, 0.2) is 0 Å². The predicted octanol–water partition coefficient (Wildman–Crippen LogP) is 3.10. The Bertz CT molecular complexity index is 651. The lowest BCUT2D eigenvalue weighted by molar-refractivity contribution is 0.102. The molecular formula is C16H18N2O2. The summed E-state index contributed by atoms with van der Waals surface area (Å²) in [4.78, 5) is 12.1. The lowest BCUT2D eigenvalue weighted by Crippen LogP contribution is -2.12. The summed E-state index contributed by atoms with van der Waals surface area (Å²) < 4.78 is 0. The van der Waals surface area contributed by atoms with Crippen LogP contribution in [0.3, 0.4) is 0 Å². The van der Waals surface area contributed by atoms with Crippen molar-refractivity contribution < 1.29 is 9.90 Å². The van der Waals surface area contributed by atoms with Gasteiger partial charge in [0, 0.05) is 16.9 Å². The number of rotatable bonds is 3. The number of benzene rings is 2. The van der Waals surface area contributed by atoms with Crippen molar-refractivity contribution in [1.82, 2.24) is 0 Å². The number of aryl methyl sites for hydroxylation is 2. The van der Waals surface area contributed by atoms with Crippen LogP contribution in [0.5, 0.6) is 5.75 Å². The fourth-order valence-electron chi connectivity index (χ4n) is 1.95. The molecule has 0 aliphatic carbocycles. The molecule has 0 unspecified atom stereocenters. The van der Waals surface area contributed by atoms with E-state index in [1.54, 1.807) is 25.1 Å². The lowest BCUT2D eigenvalue weighted by Gasteiger charge is -2.09. The van der Waals surface area contributed by atoms with Gasteiger partial charge >= 0.3 is 0 Å². The first-order chi connectivity index (χ1) is 9.51. The molecule has 0 saturated heterocycles. The lowest BCUT2D eigenvalue weighted by atomic mass is 10.1. The molecule has 0 aromatic heterocycles. The summed E-state index contributed by atoms with van der Waals surface area (Å²) in [6.45, 7) is 3.81. The second-order valence-electron chi connectivity index (χ2n) is 4.72. The molecule has 0 fully saturated rings. The number of nitrogens with two attached hydrogens (primary N) is 1. The molecular weight excluding hydrogens is 252 g/mol. The molecule has 4 N–H and O–H groups in total. The average molecular weight is 270 g/mol. The Labute approximate surface area is 118 Å². The minimum absolute atomic E-state index is 0.110. The maximum absolute atomic E-state index is 12.1. The molecule has 0 aliphatic rings. The third kappa shape index (κ3) is 2.91. The van der Waals surface area contributed by atoms with Crippen molar-refractivity contribution in [3.05, 3.63) is 53.1 Å². The number of aromatic hydroxyl groups is 1. The van der Waals surface area contributed by atoms with E-state index < -0.39 is 0 Å². The third-order valence-corrected chi connectivity index (χ3v) is 3.26. The highest BCUT2D eigenvalue weighted by atomic mass is 16.3. The van der Waals surface area contributed by atoms with Gasteiger partial charge in [-0.25, -0.2) is 0 Å². The van der Waals surface area contributed by atoms with Crippen molar-refractivity contribution in [3.63, 3.8) is 0 Å². The molecule has 20 heavy (non-hydrogen) atoms. The van der Waals surface area contributed by atoms with Crippen LogP contribution in [0.2, 0.25) is 0 Å². The van der Waals surface area contributed by atoms with Crippen LogP contribution < -0.4 is 11.1 Å². The minimum atomic E-state index is -0.274. The van der Waals surface area contributed by atoms with E-state index in [2.05, 4.69) is 5.32 Å². The standard InChI is InChI=1S/C16H18N2O2/c1-3-11-6-7-13(9-14(11)17)18-16(20)12-5-4-10(2)15(19)8-12/h4-9,19H,3,17H2,1-2H3,(H,18,20). The van der Waals surface area contributed by atoms with E-state index in [4.69, 9.17) is 5.73 Å². The molecule has 104 valence electrons. The molecule has 1 amide bonds. The minimum Gasteiger partial charge on any atom is -0.508 e. The highest BCUT2D eigenvalue weighted by Gasteiger charge is 2.09. The van der Waals surface area contributed by atoms with Crippen molar-refractivity contribution >= 4 is 17.3 Å². The van der Waals surface area contributed by atoms with Gasteiger partial charge in [0.25, 0.3) is 5.91 Å². The summed E-state index contributed by atoms with van der Waals surface area (Å²) >= 11 is 0. The second-order valence-corrected chi connectivity index (χ2v) is 4.72. The largest absolute Gasteiger partial charge is 0.508 e. The van der Waals surface area contributed by atoms with Gasteiger partial charge in [-0.3, -0.25) is 4.79 Å². The summed E-state index contributed by atoms with van der Waals surface area (Å²) in [6, 6.07) is 10.3. The quantitative estimate of drug-likeness (QED) is 0.750. The van der Waals surface area contributed by atoms with Gasteiger partial charge in [-0.05, 0) is 48.7 Å². The molecule has 0 spiro atoms. The normalized spacial score (nSPS) is 10.3. The van der Waals surface area contributed by atoms with Crippen LogP contribution in [0.1, 0.15) is 28.4 Å². The Balaban J connectivity index is 2.19. The van der Waals surface area contributed by atoms with Gasteiger partial charge in [0.05, 0.1) is 0 Å². The molecule has 0 radical (unpaired) electrons. The molecule has 2 aromatic carbocycles. The highest BCUT2D eigenvalue weighted by Crippen LogP contribution is 2.21. The number of hydrogen-bond acceptors (Lipinski definition) is 3. The molecule has 0 aliphatic heterocycles. The summed E-state index contributed by atoms with van der Waals surface area (Å²) in [5.74, 6) is -0.164.